The molecule has 0 aliphatic heterocycles. The smallest absolute Gasteiger partial charge is 0.226 e. The fraction of sp³-hybridized carbons (Fsp3) is 0.889. The van der Waals surface area contributed by atoms with E-state index in [0.29, 0.717) is 0 Å². The molecule has 72 valence electrons. The Morgan fingerprint density at radius 2 is 2.08 bits per heavy atom. The lowest BCUT2D eigenvalue weighted by molar-refractivity contribution is -0.133. The van der Waals surface area contributed by atoms with Crippen molar-refractivity contribution >= 4 is 5.91 Å². The standard InChI is InChI=1S/C9H20N2O/c1-5-10-7-8(3)9(12)11(4)6-2/h8,10H,5-7H2,1-4H3. The SMILES string of the molecule is CCNCC(C)C(=O)N(C)CC. The van der Waals surface area contributed by atoms with Crippen LogP contribution >= 0.6 is 0 Å². The van der Waals surface area contributed by atoms with Gasteiger partial charge >= 0.3 is 0 Å². The van der Waals surface area contributed by atoms with Gasteiger partial charge in [0.25, 0.3) is 0 Å². The zero-order valence-corrected chi connectivity index (χ0v) is 8.55. The molecule has 3 nitrogen and oxygen atoms in total. The molecule has 0 aliphatic carbocycles. The topological polar surface area (TPSA) is 32.3 Å². The molecule has 12 heavy (non-hydrogen) atoms. The summed E-state index contributed by atoms with van der Waals surface area (Å²) >= 11 is 0. The molecule has 1 unspecified atom stereocenters. The minimum Gasteiger partial charge on any atom is -0.346 e. The number of nitrogens with one attached hydrogen (secondary N) is 1. The van der Waals surface area contributed by atoms with Crippen LogP contribution in [-0.4, -0.2) is 37.5 Å². The van der Waals surface area contributed by atoms with Gasteiger partial charge in [-0.15, -0.1) is 0 Å². The van der Waals surface area contributed by atoms with Gasteiger partial charge in [0.1, 0.15) is 0 Å². The molecular weight excluding hydrogens is 152 g/mol. The molecule has 0 radical (unpaired) electrons. The number of carbonyl (C=O) groups is 1. The van der Waals surface area contributed by atoms with E-state index in [1.165, 1.54) is 0 Å². The highest BCUT2D eigenvalue weighted by molar-refractivity contribution is 5.78. The number of amides is 1. The molecule has 0 aromatic carbocycles. The van der Waals surface area contributed by atoms with Crippen molar-refractivity contribution in [3.63, 3.8) is 0 Å². The molecule has 0 spiro atoms. The molecule has 1 N–H and O–H groups in total. The molecule has 0 saturated heterocycles. The van der Waals surface area contributed by atoms with Crippen LogP contribution in [0.5, 0.6) is 0 Å². The van der Waals surface area contributed by atoms with Crippen LogP contribution in [0.1, 0.15) is 20.8 Å². The van der Waals surface area contributed by atoms with E-state index < -0.39 is 0 Å². The summed E-state index contributed by atoms with van der Waals surface area (Å²) in [5.41, 5.74) is 0. The summed E-state index contributed by atoms with van der Waals surface area (Å²) in [6.45, 7) is 8.47. The van der Waals surface area contributed by atoms with Crippen LogP contribution in [-0.2, 0) is 4.79 Å². The van der Waals surface area contributed by atoms with Crippen molar-refractivity contribution in [1.82, 2.24) is 10.2 Å². The molecular formula is C9H20N2O. The highest BCUT2D eigenvalue weighted by Crippen LogP contribution is 1.98. The first-order chi connectivity index (χ1) is 5.63. The van der Waals surface area contributed by atoms with E-state index in [1.54, 1.807) is 4.90 Å². The van der Waals surface area contributed by atoms with E-state index in [4.69, 9.17) is 0 Å². The number of rotatable bonds is 5. The Balaban J connectivity index is 3.75. The summed E-state index contributed by atoms with van der Waals surface area (Å²) in [4.78, 5) is 13.2. The number of nitrogens with zero attached hydrogens (tertiary/aromatic N) is 1. The Labute approximate surface area is 75.1 Å². The van der Waals surface area contributed by atoms with E-state index in [0.717, 1.165) is 19.6 Å². The molecule has 0 saturated carbocycles. The second-order valence-electron chi connectivity index (χ2n) is 3.06. The largest absolute Gasteiger partial charge is 0.346 e. The van der Waals surface area contributed by atoms with Gasteiger partial charge in [0.2, 0.25) is 5.91 Å². The first-order valence-electron chi connectivity index (χ1n) is 4.59. The Hall–Kier alpha value is -0.570. The van der Waals surface area contributed by atoms with Crippen molar-refractivity contribution in [2.24, 2.45) is 5.92 Å². The minimum absolute atomic E-state index is 0.0925. The summed E-state index contributed by atoms with van der Waals surface area (Å²) in [5.74, 6) is 0.313. The summed E-state index contributed by atoms with van der Waals surface area (Å²) < 4.78 is 0. The third-order valence-corrected chi connectivity index (χ3v) is 1.97. The molecule has 0 bridgehead atoms. The quantitative estimate of drug-likeness (QED) is 0.662. The van der Waals surface area contributed by atoms with E-state index in [9.17, 15) is 4.79 Å². The highest BCUT2D eigenvalue weighted by Gasteiger charge is 2.14. The first kappa shape index (κ1) is 11.4. The van der Waals surface area contributed by atoms with E-state index in [-0.39, 0.29) is 11.8 Å². The molecule has 1 amide bonds. The zero-order valence-electron chi connectivity index (χ0n) is 8.55. The van der Waals surface area contributed by atoms with Gasteiger partial charge in [-0.3, -0.25) is 4.79 Å². The normalized spacial score (nSPS) is 12.7. The Bertz CT molecular complexity index is 136. The summed E-state index contributed by atoms with van der Waals surface area (Å²) in [5, 5.41) is 3.16. The zero-order chi connectivity index (χ0) is 9.56. The highest BCUT2D eigenvalue weighted by atomic mass is 16.2. The molecule has 0 aromatic rings. The first-order valence-corrected chi connectivity index (χ1v) is 4.59. The van der Waals surface area contributed by atoms with Crippen molar-refractivity contribution < 1.29 is 4.79 Å². The molecule has 0 aromatic heterocycles. The van der Waals surface area contributed by atoms with E-state index in [1.807, 2.05) is 27.8 Å². The van der Waals surface area contributed by atoms with Gasteiger partial charge in [-0.2, -0.15) is 0 Å². The number of hydrogen-bond donors (Lipinski definition) is 1. The fourth-order valence-electron chi connectivity index (χ4n) is 0.980. The lowest BCUT2D eigenvalue weighted by Crippen LogP contribution is -2.36. The van der Waals surface area contributed by atoms with Crippen molar-refractivity contribution in [1.29, 1.82) is 0 Å². The van der Waals surface area contributed by atoms with Crippen LogP contribution in [0.4, 0.5) is 0 Å². The molecule has 0 aliphatic rings. The van der Waals surface area contributed by atoms with Crippen LogP contribution in [0.25, 0.3) is 0 Å². The second-order valence-corrected chi connectivity index (χ2v) is 3.06. The minimum atomic E-state index is 0.0925. The van der Waals surface area contributed by atoms with Crippen molar-refractivity contribution in [3.05, 3.63) is 0 Å². The van der Waals surface area contributed by atoms with Crippen molar-refractivity contribution in [2.75, 3.05) is 26.7 Å². The van der Waals surface area contributed by atoms with Crippen LogP contribution in [0.2, 0.25) is 0 Å². The van der Waals surface area contributed by atoms with Gasteiger partial charge in [-0.25, -0.2) is 0 Å². The summed E-state index contributed by atoms with van der Waals surface area (Å²) in [6.07, 6.45) is 0. The average Bonchev–Trinajstić information content (AvgIpc) is 2.11. The predicted molar refractivity (Wildman–Crippen MR) is 51.0 cm³/mol. The molecule has 1 atom stereocenters. The second kappa shape index (κ2) is 6.00. The van der Waals surface area contributed by atoms with Gasteiger partial charge < -0.3 is 10.2 Å². The van der Waals surface area contributed by atoms with Gasteiger partial charge in [0.05, 0.1) is 0 Å². The maximum absolute atomic E-state index is 11.5. The third kappa shape index (κ3) is 3.72. The molecule has 3 heteroatoms. The van der Waals surface area contributed by atoms with Crippen LogP contribution in [0.15, 0.2) is 0 Å². The Kier molecular flexibility index (Phi) is 5.72. The lowest BCUT2D eigenvalue weighted by Gasteiger charge is -2.19. The average molecular weight is 172 g/mol. The van der Waals surface area contributed by atoms with Gasteiger partial charge in [0.15, 0.2) is 0 Å². The summed E-state index contributed by atoms with van der Waals surface area (Å²) in [7, 11) is 1.84. The molecule has 0 heterocycles. The van der Waals surface area contributed by atoms with Crippen LogP contribution in [0, 0.1) is 5.92 Å². The maximum atomic E-state index is 11.5. The van der Waals surface area contributed by atoms with Crippen molar-refractivity contribution in [3.8, 4) is 0 Å². The molecule has 0 fully saturated rings. The number of hydrogen-bond acceptors (Lipinski definition) is 2. The van der Waals surface area contributed by atoms with Crippen LogP contribution in [0.3, 0.4) is 0 Å². The van der Waals surface area contributed by atoms with Crippen LogP contribution < -0.4 is 5.32 Å². The monoisotopic (exact) mass is 172 g/mol. The summed E-state index contributed by atoms with van der Waals surface area (Å²) in [6, 6.07) is 0. The van der Waals surface area contributed by atoms with Gasteiger partial charge in [-0.1, -0.05) is 13.8 Å². The van der Waals surface area contributed by atoms with Gasteiger partial charge in [-0.05, 0) is 13.5 Å². The van der Waals surface area contributed by atoms with Crippen molar-refractivity contribution in [2.45, 2.75) is 20.8 Å². The number of carbonyl (C=O) groups excluding carboxylic acids is 1. The Morgan fingerprint density at radius 1 is 1.50 bits per heavy atom. The predicted octanol–water partition coefficient (Wildman–Crippen LogP) is 0.710. The molecule has 0 rings (SSSR count). The fourth-order valence-corrected chi connectivity index (χ4v) is 0.980. The lowest BCUT2D eigenvalue weighted by atomic mass is 10.1. The van der Waals surface area contributed by atoms with E-state index >= 15 is 0 Å². The Morgan fingerprint density at radius 3 is 2.50 bits per heavy atom. The third-order valence-electron chi connectivity index (χ3n) is 1.97. The van der Waals surface area contributed by atoms with E-state index in [2.05, 4.69) is 5.32 Å². The van der Waals surface area contributed by atoms with Gasteiger partial charge in [0, 0.05) is 26.1 Å². The maximum Gasteiger partial charge on any atom is 0.226 e.